The minimum atomic E-state index is -4.18. The zero-order valence-corrected chi connectivity index (χ0v) is 20.6. The van der Waals surface area contributed by atoms with Crippen LogP contribution in [0.15, 0.2) is 85.8 Å². The Morgan fingerprint density at radius 2 is 1.67 bits per heavy atom. The molecule has 0 saturated carbocycles. The molecule has 12 heteroatoms. The average molecular weight is 525 g/mol. The van der Waals surface area contributed by atoms with E-state index in [9.17, 15) is 16.8 Å². The number of benzene rings is 3. The number of guanidine groups is 1. The lowest BCUT2D eigenvalue weighted by molar-refractivity contribution is 0.595. The van der Waals surface area contributed by atoms with Crippen LogP contribution in [0.4, 0.5) is 5.69 Å². The number of primary sulfonamides is 1. The Labute approximate surface area is 202 Å². The Kier molecular flexibility index (Phi) is 7.70. The van der Waals surface area contributed by atoms with Gasteiger partial charge in [0, 0.05) is 21.4 Å². The summed E-state index contributed by atoms with van der Waals surface area (Å²) in [6.07, 6.45) is 0. The molecule has 0 aliphatic heterocycles. The van der Waals surface area contributed by atoms with Crippen LogP contribution in [-0.4, -0.2) is 22.8 Å². The highest BCUT2D eigenvalue weighted by molar-refractivity contribution is 7.99. The number of anilines is 1. The lowest BCUT2D eigenvalue weighted by Crippen LogP contribution is -2.24. The van der Waals surface area contributed by atoms with Crippen LogP contribution in [0.2, 0.25) is 5.02 Å². The van der Waals surface area contributed by atoms with Gasteiger partial charge in [0.1, 0.15) is 4.90 Å². The zero-order chi connectivity index (χ0) is 24.2. The second-order valence-electron chi connectivity index (χ2n) is 6.97. The third-order valence-electron chi connectivity index (χ3n) is 4.41. The van der Waals surface area contributed by atoms with Gasteiger partial charge >= 0.3 is 0 Å². The van der Waals surface area contributed by atoms with Gasteiger partial charge in [-0.2, -0.15) is 8.42 Å². The summed E-state index contributed by atoms with van der Waals surface area (Å²) < 4.78 is 52.5. The molecule has 0 fully saturated rings. The number of hydrogen-bond donors (Lipinski definition) is 3. The smallest absolute Gasteiger partial charge is 0.286 e. The number of halogens is 1. The number of aryl methyl sites for hydroxylation is 1. The molecule has 174 valence electrons. The lowest BCUT2D eigenvalue weighted by Gasteiger charge is -2.12. The highest BCUT2D eigenvalue weighted by Crippen LogP contribution is 2.34. The third kappa shape index (κ3) is 6.71. The van der Waals surface area contributed by atoms with Crippen molar-refractivity contribution in [3.05, 3.63) is 82.9 Å². The predicted octanol–water partition coefficient (Wildman–Crippen LogP) is 3.70. The van der Waals surface area contributed by atoms with Crippen molar-refractivity contribution in [2.75, 3.05) is 5.32 Å². The summed E-state index contributed by atoms with van der Waals surface area (Å²) >= 11 is 7.56. The summed E-state index contributed by atoms with van der Waals surface area (Å²) in [4.78, 5) is 0.344. The van der Waals surface area contributed by atoms with Gasteiger partial charge in [-0.3, -0.25) is 0 Å². The lowest BCUT2D eigenvalue weighted by atomic mass is 10.2. The van der Waals surface area contributed by atoms with E-state index in [-0.39, 0.29) is 15.8 Å². The Morgan fingerprint density at radius 1 is 1.03 bits per heavy atom. The number of nitrogens with two attached hydrogens (primary N) is 2. The third-order valence-corrected chi connectivity index (χ3v) is 8.34. The molecule has 5 N–H and O–H groups in total. The Hall–Kier alpha value is -2.57. The fourth-order valence-electron chi connectivity index (χ4n) is 2.76. The number of nitrogens with one attached hydrogen (secondary N) is 1. The van der Waals surface area contributed by atoms with Crippen molar-refractivity contribution < 1.29 is 16.8 Å². The van der Waals surface area contributed by atoms with Crippen molar-refractivity contribution in [1.29, 1.82) is 0 Å². The molecular formula is C21H21ClN4O4S3. The molecule has 0 aliphatic rings. The van der Waals surface area contributed by atoms with Crippen LogP contribution in [0.1, 0.15) is 11.1 Å². The van der Waals surface area contributed by atoms with Gasteiger partial charge in [-0.25, -0.2) is 13.6 Å². The van der Waals surface area contributed by atoms with Gasteiger partial charge in [0.15, 0.2) is 0 Å². The van der Waals surface area contributed by atoms with Crippen LogP contribution in [0.5, 0.6) is 0 Å². The van der Waals surface area contributed by atoms with Crippen LogP contribution in [0.3, 0.4) is 0 Å². The van der Waals surface area contributed by atoms with E-state index < -0.39 is 20.0 Å². The number of nitrogens with zero attached hydrogens (tertiary/aromatic N) is 1. The molecule has 0 saturated heterocycles. The average Bonchev–Trinajstić information content (AvgIpc) is 2.74. The highest BCUT2D eigenvalue weighted by Gasteiger charge is 2.21. The van der Waals surface area contributed by atoms with E-state index in [0.717, 1.165) is 5.56 Å². The second-order valence-corrected chi connectivity index (χ2v) is 11.5. The van der Waals surface area contributed by atoms with Gasteiger partial charge in [0.25, 0.3) is 10.0 Å². The van der Waals surface area contributed by atoms with E-state index in [0.29, 0.717) is 26.9 Å². The van der Waals surface area contributed by atoms with Crippen LogP contribution in [-0.2, 0) is 25.8 Å². The van der Waals surface area contributed by atoms with E-state index in [4.69, 9.17) is 22.5 Å². The number of thioether (sulfide) groups is 1. The first-order chi connectivity index (χ1) is 15.5. The van der Waals surface area contributed by atoms with Gasteiger partial charge in [-0.15, -0.1) is 16.2 Å². The molecule has 0 aromatic heterocycles. The van der Waals surface area contributed by atoms with Crippen molar-refractivity contribution in [1.82, 2.24) is 0 Å². The normalized spacial score (nSPS) is 12.5. The summed E-state index contributed by atoms with van der Waals surface area (Å²) in [6, 6.07) is 18.0. The molecule has 0 radical (unpaired) electrons. The SMILES string of the molecule is Cc1cc(S(=O)(=O)N=C(N)Nc2ccc(S(N)(=O)=O)cc2)c(SCc2ccccc2)cc1Cl. The molecule has 0 bridgehead atoms. The van der Waals surface area contributed by atoms with Crippen LogP contribution >= 0.6 is 23.4 Å². The molecule has 0 unspecified atom stereocenters. The molecule has 0 spiro atoms. The minimum absolute atomic E-state index is 0.0142. The van der Waals surface area contributed by atoms with Crippen molar-refractivity contribution in [3.8, 4) is 0 Å². The number of hydrogen-bond acceptors (Lipinski definition) is 5. The summed E-state index contributed by atoms with van der Waals surface area (Å²) in [5, 5.41) is 8.14. The maximum Gasteiger partial charge on any atom is 0.286 e. The van der Waals surface area contributed by atoms with Gasteiger partial charge in [0.05, 0.1) is 4.90 Å². The second kappa shape index (κ2) is 10.1. The van der Waals surface area contributed by atoms with Gasteiger partial charge in [-0.1, -0.05) is 41.9 Å². The van der Waals surface area contributed by atoms with Crippen molar-refractivity contribution >= 4 is 55.1 Å². The first-order valence-corrected chi connectivity index (χ1v) is 13.8. The van der Waals surface area contributed by atoms with Gasteiger partial charge in [-0.05, 0) is 54.4 Å². The van der Waals surface area contributed by atoms with E-state index in [2.05, 4.69) is 9.71 Å². The summed E-state index contributed by atoms with van der Waals surface area (Å²) in [7, 11) is -8.03. The molecule has 3 aromatic rings. The van der Waals surface area contributed by atoms with E-state index >= 15 is 0 Å². The fourth-order valence-corrected chi connectivity index (χ4v) is 5.96. The summed E-state index contributed by atoms with van der Waals surface area (Å²) in [6.45, 7) is 1.70. The molecule has 0 aliphatic carbocycles. The van der Waals surface area contributed by atoms with Crippen LogP contribution in [0.25, 0.3) is 0 Å². The molecule has 8 nitrogen and oxygen atoms in total. The van der Waals surface area contributed by atoms with E-state index in [1.54, 1.807) is 13.0 Å². The van der Waals surface area contributed by atoms with E-state index in [1.807, 2.05) is 30.3 Å². The van der Waals surface area contributed by atoms with Gasteiger partial charge < -0.3 is 11.1 Å². The highest BCUT2D eigenvalue weighted by atomic mass is 35.5. The van der Waals surface area contributed by atoms with Crippen molar-refractivity contribution in [3.63, 3.8) is 0 Å². The Bertz CT molecular complexity index is 1390. The molecule has 3 aromatic carbocycles. The van der Waals surface area contributed by atoms with Crippen molar-refractivity contribution in [2.24, 2.45) is 15.3 Å². The van der Waals surface area contributed by atoms with Crippen LogP contribution in [0, 0.1) is 6.92 Å². The standard InChI is InChI=1S/C21H21ClN4O4S3/c1-14-11-20(19(12-18(14)22)31-13-15-5-3-2-4-6-15)33(29,30)26-21(23)25-16-7-9-17(10-8-16)32(24,27)28/h2-12H,13H2,1H3,(H3,23,25,26)(H2,24,27,28). The zero-order valence-electron chi connectivity index (χ0n) is 17.4. The fraction of sp³-hybridized carbons (Fsp3) is 0.0952. The van der Waals surface area contributed by atoms with Gasteiger partial charge in [0.2, 0.25) is 16.0 Å². The molecule has 0 heterocycles. The topological polar surface area (TPSA) is 145 Å². The van der Waals surface area contributed by atoms with Crippen LogP contribution < -0.4 is 16.2 Å². The Balaban J connectivity index is 1.87. The predicted molar refractivity (Wildman–Crippen MR) is 132 cm³/mol. The largest absolute Gasteiger partial charge is 0.369 e. The molecular weight excluding hydrogens is 504 g/mol. The minimum Gasteiger partial charge on any atom is -0.369 e. The molecule has 0 atom stereocenters. The molecule has 0 amide bonds. The van der Waals surface area contributed by atoms with E-state index in [1.165, 1.54) is 42.1 Å². The quantitative estimate of drug-likeness (QED) is 0.242. The molecule has 33 heavy (non-hydrogen) atoms. The monoisotopic (exact) mass is 524 g/mol. The maximum absolute atomic E-state index is 13.1. The maximum atomic E-state index is 13.1. The summed E-state index contributed by atoms with van der Waals surface area (Å²) in [5.41, 5.74) is 7.76. The first-order valence-electron chi connectivity index (χ1n) is 9.43. The Morgan fingerprint density at radius 3 is 2.27 bits per heavy atom. The first kappa shape index (κ1) is 25.1. The number of rotatable bonds is 7. The van der Waals surface area contributed by atoms with Crippen molar-refractivity contribution in [2.45, 2.75) is 27.4 Å². The molecule has 3 rings (SSSR count). The summed E-state index contributed by atoms with van der Waals surface area (Å²) in [5.74, 6) is 0.154. The number of sulfonamides is 2.